The van der Waals surface area contributed by atoms with Crippen molar-refractivity contribution < 1.29 is 19.6 Å². The summed E-state index contributed by atoms with van der Waals surface area (Å²) in [5.41, 5.74) is -0.308. The second-order valence-electron chi connectivity index (χ2n) is 5.43. The van der Waals surface area contributed by atoms with Crippen molar-refractivity contribution in [1.82, 2.24) is 5.32 Å². The van der Waals surface area contributed by atoms with Crippen molar-refractivity contribution in [3.63, 3.8) is 0 Å². The number of hydrogen-bond donors (Lipinski definition) is 2. The Kier molecular flexibility index (Phi) is 4.89. The zero-order chi connectivity index (χ0) is 19.7. The number of anilines is 1. The van der Waals surface area contributed by atoms with Gasteiger partial charge in [0.25, 0.3) is 17.5 Å². The lowest BCUT2D eigenvalue weighted by atomic mass is 10.1. The number of non-ortho nitro benzene ring substituents is 1. The molecule has 2 aromatic rings. The quantitative estimate of drug-likeness (QED) is 0.268. The number of carbonyl (C=O) groups excluding carboxylic acids is 2. The number of phenols is 1. The maximum Gasteiger partial charge on any atom is 0.270 e. The van der Waals surface area contributed by atoms with Crippen LogP contribution in [0, 0.1) is 10.1 Å². The van der Waals surface area contributed by atoms with Crippen LogP contribution in [0.1, 0.15) is 5.56 Å². The SMILES string of the molecule is O=C1NC(=S)N(c2ccc(Cl)cc2)C(=O)C1=Cc1cc([N+](=O)[O-])ccc1O. The summed E-state index contributed by atoms with van der Waals surface area (Å²) in [5.74, 6) is -1.84. The number of nitrogens with zero attached hydrogens (tertiary/aromatic N) is 2. The molecule has 136 valence electrons. The van der Waals surface area contributed by atoms with Gasteiger partial charge in [-0.05, 0) is 48.6 Å². The van der Waals surface area contributed by atoms with Gasteiger partial charge in [0.2, 0.25) is 0 Å². The normalized spacial score (nSPS) is 15.8. The molecule has 1 heterocycles. The van der Waals surface area contributed by atoms with Crippen LogP contribution in [-0.2, 0) is 9.59 Å². The Morgan fingerprint density at radius 1 is 1.19 bits per heavy atom. The molecule has 2 amide bonds. The number of carbonyl (C=O) groups is 2. The van der Waals surface area contributed by atoms with Crippen LogP contribution in [0.4, 0.5) is 11.4 Å². The van der Waals surface area contributed by atoms with Crippen molar-refractivity contribution in [1.29, 1.82) is 0 Å². The highest BCUT2D eigenvalue weighted by Gasteiger charge is 2.34. The van der Waals surface area contributed by atoms with E-state index in [1.807, 2.05) is 0 Å². The molecule has 2 N–H and O–H groups in total. The molecule has 8 nitrogen and oxygen atoms in total. The molecule has 1 aliphatic heterocycles. The van der Waals surface area contributed by atoms with Gasteiger partial charge in [-0.25, -0.2) is 0 Å². The van der Waals surface area contributed by atoms with Crippen molar-refractivity contribution in [3.05, 3.63) is 68.7 Å². The van der Waals surface area contributed by atoms with E-state index in [4.69, 9.17) is 23.8 Å². The monoisotopic (exact) mass is 403 g/mol. The van der Waals surface area contributed by atoms with Crippen LogP contribution < -0.4 is 10.2 Å². The van der Waals surface area contributed by atoms with Gasteiger partial charge in [0.1, 0.15) is 11.3 Å². The summed E-state index contributed by atoms with van der Waals surface area (Å²) in [5, 5.41) is 23.6. The van der Waals surface area contributed by atoms with E-state index in [2.05, 4.69) is 5.32 Å². The fraction of sp³-hybridized carbons (Fsp3) is 0. The first-order chi connectivity index (χ1) is 12.8. The summed E-state index contributed by atoms with van der Waals surface area (Å²) in [6.07, 6.45) is 1.07. The number of halogens is 1. The number of hydrogen-bond acceptors (Lipinski definition) is 6. The second kappa shape index (κ2) is 7.14. The minimum atomic E-state index is -0.777. The minimum absolute atomic E-state index is 0.0495. The van der Waals surface area contributed by atoms with Crippen molar-refractivity contribution in [2.24, 2.45) is 0 Å². The van der Waals surface area contributed by atoms with E-state index in [-0.39, 0.29) is 27.7 Å². The third-order valence-electron chi connectivity index (χ3n) is 3.71. The first-order valence-electron chi connectivity index (χ1n) is 7.42. The number of phenolic OH excluding ortho intramolecular Hbond substituents is 1. The third-order valence-corrected chi connectivity index (χ3v) is 4.24. The zero-order valence-electron chi connectivity index (χ0n) is 13.4. The summed E-state index contributed by atoms with van der Waals surface area (Å²) < 4.78 is 0. The summed E-state index contributed by atoms with van der Waals surface area (Å²) in [6.45, 7) is 0. The molecule has 1 fully saturated rings. The molecular formula is C17H10ClN3O5S. The second-order valence-corrected chi connectivity index (χ2v) is 6.26. The molecule has 0 aromatic heterocycles. The molecule has 3 rings (SSSR count). The lowest BCUT2D eigenvalue weighted by Crippen LogP contribution is -2.54. The molecule has 0 unspecified atom stereocenters. The van der Waals surface area contributed by atoms with Gasteiger partial charge in [-0.1, -0.05) is 11.6 Å². The molecule has 1 aliphatic rings. The van der Waals surface area contributed by atoms with Gasteiger partial charge < -0.3 is 5.11 Å². The number of nitrogens with one attached hydrogen (secondary N) is 1. The van der Waals surface area contributed by atoms with Gasteiger partial charge in [-0.2, -0.15) is 0 Å². The summed E-state index contributed by atoms with van der Waals surface area (Å²) in [7, 11) is 0. The van der Waals surface area contributed by atoms with Gasteiger partial charge in [-0.3, -0.25) is 29.9 Å². The van der Waals surface area contributed by atoms with Gasteiger partial charge in [0.15, 0.2) is 5.11 Å². The molecule has 10 heteroatoms. The van der Waals surface area contributed by atoms with Crippen molar-refractivity contribution in [2.45, 2.75) is 0 Å². The molecule has 0 atom stereocenters. The lowest BCUT2D eigenvalue weighted by Gasteiger charge is -2.28. The van der Waals surface area contributed by atoms with Crippen LogP contribution in [0.25, 0.3) is 6.08 Å². The molecule has 2 aromatic carbocycles. The fourth-order valence-electron chi connectivity index (χ4n) is 2.41. The predicted octanol–water partition coefficient (Wildman–Crippen LogP) is 2.79. The van der Waals surface area contributed by atoms with Crippen molar-refractivity contribution in [3.8, 4) is 5.75 Å². The first-order valence-corrected chi connectivity index (χ1v) is 8.21. The minimum Gasteiger partial charge on any atom is -0.507 e. The van der Waals surface area contributed by atoms with Gasteiger partial charge in [0, 0.05) is 22.7 Å². The Morgan fingerprint density at radius 3 is 2.48 bits per heavy atom. The van der Waals surface area contributed by atoms with Crippen LogP contribution >= 0.6 is 23.8 Å². The van der Waals surface area contributed by atoms with E-state index in [9.17, 15) is 24.8 Å². The molecule has 0 radical (unpaired) electrons. The van der Waals surface area contributed by atoms with Crippen LogP contribution in [0.5, 0.6) is 5.75 Å². The third kappa shape index (κ3) is 3.64. The van der Waals surface area contributed by atoms with Crippen LogP contribution in [-0.4, -0.2) is 27.0 Å². The summed E-state index contributed by atoms with van der Waals surface area (Å²) >= 11 is 10.9. The van der Waals surface area contributed by atoms with Crippen LogP contribution in [0.3, 0.4) is 0 Å². The number of amides is 2. The Hall–Kier alpha value is -3.30. The van der Waals surface area contributed by atoms with E-state index in [1.54, 1.807) is 24.3 Å². The number of rotatable bonds is 3. The highest BCUT2D eigenvalue weighted by molar-refractivity contribution is 7.80. The maximum absolute atomic E-state index is 12.8. The number of nitro benzene ring substituents is 1. The summed E-state index contributed by atoms with van der Waals surface area (Å²) in [6, 6.07) is 9.48. The Balaban J connectivity index is 2.06. The van der Waals surface area contributed by atoms with Gasteiger partial charge in [0.05, 0.1) is 10.6 Å². The number of aromatic hydroxyl groups is 1. The highest BCUT2D eigenvalue weighted by Crippen LogP contribution is 2.28. The largest absolute Gasteiger partial charge is 0.507 e. The van der Waals surface area contributed by atoms with Crippen molar-refractivity contribution >= 4 is 58.2 Å². The molecule has 1 saturated heterocycles. The maximum atomic E-state index is 12.8. The van der Waals surface area contributed by atoms with Crippen molar-refractivity contribution in [2.75, 3.05) is 4.90 Å². The van der Waals surface area contributed by atoms with E-state index < -0.39 is 16.7 Å². The van der Waals surface area contributed by atoms with E-state index in [1.165, 1.54) is 0 Å². The Morgan fingerprint density at radius 2 is 1.85 bits per heavy atom. The topological polar surface area (TPSA) is 113 Å². The molecule has 0 aliphatic carbocycles. The molecule has 0 spiro atoms. The Bertz CT molecular complexity index is 1020. The highest BCUT2D eigenvalue weighted by atomic mass is 35.5. The lowest BCUT2D eigenvalue weighted by molar-refractivity contribution is -0.384. The summed E-state index contributed by atoms with van der Waals surface area (Å²) in [4.78, 5) is 36.4. The van der Waals surface area contributed by atoms with Crippen LogP contribution in [0.15, 0.2) is 48.0 Å². The Labute approximate surface area is 162 Å². The fourth-order valence-corrected chi connectivity index (χ4v) is 2.82. The smallest absolute Gasteiger partial charge is 0.270 e. The standard InChI is InChI=1S/C17H10ClN3O5S/c18-10-1-3-11(4-2-10)20-16(24)13(15(23)19-17(20)27)8-9-7-12(21(25)26)5-6-14(9)22/h1-8,22H,(H,19,23,27). The predicted molar refractivity (Wildman–Crippen MR) is 102 cm³/mol. The average Bonchev–Trinajstić information content (AvgIpc) is 2.61. The zero-order valence-corrected chi connectivity index (χ0v) is 15.0. The average molecular weight is 404 g/mol. The molecule has 0 bridgehead atoms. The van der Waals surface area contributed by atoms with Crippen LogP contribution in [0.2, 0.25) is 5.02 Å². The van der Waals surface area contributed by atoms with E-state index in [0.717, 1.165) is 29.2 Å². The molecule has 0 saturated carbocycles. The van der Waals surface area contributed by atoms with Gasteiger partial charge in [-0.15, -0.1) is 0 Å². The van der Waals surface area contributed by atoms with Gasteiger partial charge >= 0.3 is 0 Å². The molecular weight excluding hydrogens is 394 g/mol. The molecule has 27 heavy (non-hydrogen) atoms. The number of thiocarbonyl (C=S) groups is 1. The van der Waals surface area contributed by atoms with E-state index >= 15 is 0 Å². The number of nitro groups is 1. The number of benzene rings is 2. The first kappa shape index (κ1) is 18.5. The van der Waals surface area contributed by atoms with E-state index in [0.29, 0.717) is 10.7 Å².